The normalized spacial score (nSPS) is 16.3. The number of amides is 1. The van der Waals surface area contributed by atoms with E-state index in [0.717, 1.165) is 19.5 Å². The highest BCUT2D eigenvalue weighted by Gasteiger charge is 2.07. The number of hydrogen-bond donors (Lipinski definition) is 2. The van der Waals surface area contributed by atoms with Crippen molar-refractivity contribution in [1.29, 1.82) is 0 Å². The summed E-state index contributed by atoms with van der Waals surface area (Å²) in [4.78, 5) is 11.8. The molecule has 0 saturated carbocycles. The number of carbonyl (C=O) groups excluding carboxylic acids is 1. The lowest BCUT2D eigenvalue weighted by molar-refractivity contribution is -0.120. The Labute approximate surface area is 126 Å². The standard InChI is InChI=1S/C16H26N4O/c1-14(13-20-11-5-9-19-20)18-12-16(21)17-10-8-15-6-3-2-4-7-15/h5-6,9,11,14,18H,2-4,7-8,10,12-13H2,1H3,(H,17,21)/t14-/m1/s1. The summed E-state index contributed by atoms with van der Waals surface area (Å²) >= 11 is 0. The van der Waals surface area contributed by atoms with Crippen LogP contribution in [0.5, 0.6) is 0 Å². The summed E-state index contributed by atoms with van der Waals surface area (Å²) in [6.45, 7) is 3.94. The van der Waals surface area contributed by atoms with Crippen LogP contribution in [-0.4, -0.2) is 34.8 Å². The summed E-state index contributed by atoms with van der Waals surface area (Å²) in [5.41, 5.74) is 1.50. The molecule has 0 unspecified atom stereocenters. The van der Waals surface area contributed by atoms with Gasteiger partial charge in [-0.3, -0.25) is 9.48 Å². The van der Waals surface area contributed by atoms with Crippen LogP contribution >= 0.6 is 0 Å². The second-order valence-corrected chi connectivity index (χ2v) is 5.72. The van der Waals surface area contributed by atoms with Crippen LogP contribution in [0.2, 0.25) is 0 Å². The minimum atomic E-state index is 0.0683. The van der Waals surface area contributed by atoms with Crippen molar-refractivity contribution in [2.75, 3.05) is 13.1 Å². The number of carbonyl (C=O) groups is 1. The van der Waals surface area contributed by atoms with Crippen LogP contribution in [0.4, 0.5) is 0 Å². The Morgan fingerprint density at radius 3 is 3.10 bits per heavy atom. The molecule has 0 bridgehead atoms. The number of hydrogen-bond acceptors (Lipinski definition) is 3. The summed E-state index contributed by atoms with van der Waals surface area (Å²) < 4.78 is 1.87. The van der Waals surface area contributed by atoms with E-state index in [1.165, 1.54) is 31.3 Å². The van der Waals surface area contributed by atoms with Crippen molar-refractivity contribution in [3.8, 4) is 0 Å². The fourth-order valence-corrected chi connectivity index (χ4v) is 2.58. The van der Waals surface area contributed by atoms with Gasteiger partial charge in [-0.2, -0.15) is 5.10 Å². The van der Waals surface area contributed by atoms with Crippen LogP contribution < -0.4 is 10.6 Å². The van der Waals surface area contributed by atoms with Gasteiger partial charge in [-0.05, 0) is 45.1 Å². The lowest BCUT2D eigenvalue weighted by Crippen LogP contribution is -2.40. The topological polar surface area (TPSA) is 59.0 Å². The van der Waals surface area contributed by atoms with E-state index in [2.05, 4.69) is 28.7 Å². The van der Waals surface area contributed by atoms with Crippen LogP contribution in [0.25, 0.3) is 0 Å². The molecule has 116 valence electrons. The first-order chi connectivity index (χ1) is 10.2. The van der Waals surface area contributed by atoms with E-state index in [9.17, 15) is 4.79 Å². The minimum Gasteiger partial charge on any atom is -0.355 e. The lowest BCUT2D eigenvalue weighted by atomic mass is 9.97. The predicted molar refractivity (Wildman–Crippen MR) is 83.9 cm³/mol. The molecule has 21 heavy (non-hydrogen) atoms. The maximum atomic E-state index is 11.8. The molecule has 1 aromatic rings. The first kappa shape index (κ1) is 15.8. The molecule has 2 N–H and O–H groups in total. The summed E-state index contributed by atoms with van der Waals surface area (Å²) in [7, 11) is 0. The van der Waals surface area contributed by atoms with Crippen LogP contribution in [0, 0.1) is 0 Å². The van der Waals surface area contributed by atoms with E-state index in [1.807, 2.05) is 16.9 Å². The Bertz CT molecular complexity index is 453. The molecule has 0 fully saturated rings. The SMILES string of the molecule is C[C@H](Cn1cccn1)NCC(=O)NCCC1=CCCCC1. The Balaban J connectivity index is 1.55. The zero-order valence-corrected chi connectivity index (χ0v) is 12.8. The maximum Gasteiger partial charge on any atom is 0.233 e. The molecule has 1 aliphatic rings. The Morgan fingerprint density at radius 2 is 2.38 bits per heavy atom. The van der Waals surface area contributed by atoms with Gasteiger partial charge < -0.3 is 10.6 Å². The largest absolute Gasteiger partial charge is 0.355 e. The molecule has 2 rings (SSSR count). The van der Waals surface area contributed by atoms with Gasteiger partial charge in [0.25, 0.3) is 0 Å². The van der Waals surface area contributed by atoms with Gasteiger partial charge in [-0.1, -0.05) is 11.6 Å². The summed E-state index contributed by atoms with van der Waals surface area (Å²) in [6.07, 6.45) is 12.0. The number of nitrogens with zero attached hydrogens (tertiary/aromatic N) is 2. The van der Waals surface area contributed by atoms with Crippen LogP contribution in [0.3, 0.4) is 0 Å². The Morgan fingerprint density at radius 1 is 1.48 bits per heavy atom. The monoisotopic (exact) mass is 290 g/mol. The van der Waals surface area contributed by atoms with E-state index in [1.54, 1.807) is 6.20 Å². The highest BCUT2D eigenvalue weighted by Crippen LogP contribution is 2.19. The van der Waals surface area contributed by atoms with Gasteiger partial charge in [0.05, 0.1) is 13.1 Å². The fraction of sp³-hybridized carbons (Fsp3) is 0.625. The second kappa shape index (κ2) is 8.62. The molecule has 1 aromatic heterocycles. The highest BCUT2D eigenvalue weighted by molar-refractivity contribution is 5.77. The quantitative estimate of drug-likeness (QED) is 0.719. The van der Waals surface area contributed by atoms with E-state index in [0.29, 0.717) is 6.54 Å². The third-order valence-electron chi connectivity index (χ3n) is 3.78. The first-order valence-electron chi connectivity index (χ1n) is 7.89. The summed E-state index contributed by atoms with van der Waals surface area (Å²) in [6, 6.07) is 2.12. The molecule has 0 radical (unpaired) electrons. The average molecular weight is 290 g/mol. The van der Waals surface area contributed by atoms with Gasteiger partial charge in [0.2, 0.25) is 5.91 Å². The van der Waals surface area contributed by atoms with Crippen molar-refractivity contribution in [3.63, 3.8) is 0 Å². The smallest absolute Gasteiger partial charge is 0.233 e. The van der Waals surface area contributed by atoms with E-state index >= 15 is 0 Å². The molecular weight excluding hydrogens is 264 g/mol. The summed E-state index contributed by atoms with van der Waals surface area (Å²) in [5.74, 6) is 0.0683. The van der Waals surface area contributed by atoms with E-state index in [4.69, 9.17) is 0 Å². The van der Waals surface area contributed by atoms with Gasteiger partial charge in [0.15, 0.2) is 0 Å². The molecule has 1 aliphatic carbocycles. The molecule has 0 spiro atoms. The molecule has 5 heteroatoms. The van der Waals surface area contributed by atoms with Gasteiger partial charge >= 0.3 is 0 Å². The van der Waals surface area contributed by atoms with Gasteiger partial charge in [0, 0.05) is 25.0 Å². The van der Waals surface area contributed by atoms with Crippen LogP contribution in [0.1, 0.15) is 39.0 Å². The van der Waals surface area contributed by atoms with Crippen molar-refractivity contribution in [3.05, 3.63) is 30.1 Å². The van der Waals surface area contributed by atoms with Gasteiger partial charge in [0.1, 0.15) is 0 Å². The first-order valence-corrected chi connectivity index (χ1v) is 7.89. The molecule has 0 saturated heterocycles. The molecule has 1 heterocycles. The summed E-state index contributed by atoms with van der Waals surface area (Å²) in [5, 5.41) is 10.4. The number of allylic oxidation sites excluding steroid dienone is 1. The van der Waals surface area contributed by atoms with Crippen LogP contribution in [0.15, 0.2) is 30.1 Å². The van der Waals surface area contributed by atoms with Crippen LogP contribution in [-0.2, 0) is 11.3 Å². The van der Waals surface area contributed by atoms with Gasteiger partial charge in [-0.25, -0.2) is 0 Å². The van der Waals surface area contributed by atoms with E-state index in [-0.39, 0.29) is 11.9 Å². The molecule has 0 aromatic carbocycles. The zero-order valence-electron chi connectivity index (χ0n) is 12.8. The molecule has 1 atom stereocenters. The fourth-order valence-electron chi connectivity index (χ4n) is 2.58. The number of rotatable bonds is 8. The molecular formula is C16H26N4O. The Hall–Kier alpha value is -1.62. The Kier molecular flexibility index (Phi) is 6.47. The number of aromatic nitrogens is 2. The van der Waals surface area contributed by atoms with Crippen molar-refractivity contribution in [2.45, 2.75) is 51.6 Å². The highest BCUT2D eigenvalue weighted by atomic mass is 16.1. The van der Waals surface area contributed by atoms with Crippen molar-refractivity contribution in [1.82, 2.24) is 20.4 Å². The molecule has 5 nitrogen and oxygen atoms in total. The predicted octanol–water partition coefficient (Wildman–Crippen LogP) is 1.87. The average Bonchev–Trinajstić information content (AvgIpc) is 2.99. The zero-order chi connectivity index (χ0) is 14.9. The van der Waals surface area contributed by atoms with Crippen molar-refractivity contribution >= 4 is 5.91 Å². The molecule has 1 amide bonds. The van der Waals surface area contributed by atoms with Crippen molar-refractivity contribution in [2.24, 2.45) is 0 Å². The lowest BCUT2D eigenvalue weighted by Gasteiger charge is -2.15. The third-order valence-corrected chi connectivity index (χ3v) is 3.78. The number of nitrogens with one attached hydrogen (secondary N) is 2. The molecule has 0 aliphatic heterocycles. The van der Waals surface area contributed by atoms with Crippen molar-refractivity contribution < 1.29 is 4.79 Å². The van der Waals surface area contributed by atoms with E-state index < -0.39 is 0 Å². The maximum absolute atomic E-state index is 11.8. The third kappa shape index (κ3) is 6.12. The van der Waals surface area contributed by atoms with Gasteiger partial charge in [-0.15, -0.1) is 0 Å². The second-order valence-electron chi connectivity index (χ2n) is 5.72. The minimum absolute atomic E-state index is 0.0683.